The van der Waals surface area contributed by atoms with Gasteiger partial charge >= 0.3 is 0 Å². The Labute approximate surface area is 158 Å². The first-order valence-corrected chi connectivity index (χ1v) is 9.14. The van der Waals surface area contributed by atoms with Crippen LogP contribution in [0.1, 0.15) is 35.2 Å². The first kappa shape index (κ1) is 18.8. The third kappa shape index (κ3) is 4.07. The van der Waals surface area contributed by atoms with Crippen molar-refractivity contribution in [1.29, 1.82) is 5.26 Å². The Hall–Kier alpha value is -2.98. The summed E-state index contributed by atoms with van der Waals surface area (Å²) >= 11 is 1.07. The Bertz CT molecular complexity index is 1060. The molecule has 0 fully saturated rings. The van der Waals surface area contributed by atoms with Gasteiger partial charge in [-0.2, -0.15) is 5.26 Å². The molecule has 3 aromatic rings. The summed E-state index contributed by atoms with van der Waals surface area (Å²) in [4.78, 5) is 19.2. The highest BCUT2D eigenvalue weighted by Crippen LogP contribution is 2.27. The van der Waals surface area contributed by atoms with Gasteiger partial charge in [-0.25, -0.2) is 13.8 Å². The number of nitrogens with one attached hydrogen (secondary N) is 1. The highest BCUT2D eigenvalue weighted by molar-refractivity contribution is 7.98. The van der Waals surface area contributed by atoms with Crippen LogP contribution in [0.3, 0.4) is 0 Å². The minimum atomic E-state index is -0.923. The van der Waals surface area contributed by atoms with Crippen molar-refractivity contribution >= 4 is 11.8 Å². The molecule has 0 aliphatic carbocycles. The topological polar surface area (TPSA) is 69.5 Å². The average Bonchev–Trinajstić information content (AvgIpc) is 2.68. The molecule has 4 nitrogen and oxygen atoms in total. The predicted octanol–water partition coefficient (Wildman–Crippen LogP) is 4.36. The summed E-state index contributed by atoms with van der Waals surface area (Å²) in [6, 6.07) is 15.2. The number of halogens is 2. The van der Waals surface area contributed by atoms with E-state index in [4.69, 9.17) is 0 Å². The number of nitrogens with zero attached hydrogens (tertiary/aromatic N) is 2. The quantitative estimate of drug-likeness (QED) is 0.525. The van der Waals surface area contributed by atoms with Gasteiger partial charge in [0, 0.05) is 17.2 Å². The molecular formula is C20H15F2N3OS. The van der Waals surface area contributed by atoms with Crippen molar-refractivity contribution in [2.45, 2.75) is 23.8 Å². The van der Waals surface area contributed by atoms with Crippen molar-refractivity contribution in [3.63, 3.8) is 0 Å². The van der Waals surface area contributed by atoms with E-state index < -0.39 is 17.2 Å². The van der Waals surface area contributed by atoms with Gasteiger partial charge in [-0.05, 0) is 11.6 Å². The highest BCUT2D eigenvalue weighted by Gasteiger charge is 2.19. The number of nitriles is 1. The summed E-state index contributed by atoms with van der Waals surface area (Å²) in [5.41, 5.74) is 0.846. The molecule has 0 saturated carbocycles. The monoisotopic (exact) mass is 383 g/mol. The number of hydrogen-bond donors (Lipinski definition) is 1. The van der Waals surface area contributed by atoms with Crippen LogP contribution < -0.4 is 5.56 Å². The molecule has 0 aliphatic heterocycles. The smallest absolute Gasteiger partial charge is 0.269 e. The lowest BCUT2D eigenvalue weighted by molar-refractivity contribution is 0.502. The van der Waals surface area contributed by atoms with Crippen LogP contribution in [0.2, 0.25) is 0 Å². The van der Waals surface area contributed by atoms with Crippen molar-refractivity contribution in [3.05, 3.63) is 92.9 Å². The first-order valence-electron chi connectivity index (χ1n) is 8.16. The van der Waals surface area contributed by atoms with Crippen molar-refractivity contribution in [2.75, 3.05) is 0 Å². The van der Waals surface area contributed by atoms with Crippen molar-refractivity contribution in [1.82, 2.24) is 9.97 Å². The van der Waals surface area contributed by atoms with E-state index in [0.29, 0.717) is 5.69 Å². The molecule has 0 spiro atoms. The maximum atomic E-state index is 13.8. The lowest BCUT2D eigenvalue weighted by Crippen LogP contribution is -2.18. The fourth-order valence-corrected chi connectivity index (χ4v) is 3.51. The highest BCUT2D eigenvalue weighted by atomic mass is 32.2. The summed E-state index contributed by atoms with van der Waals surface area (Å²) < 4.78 is 27.1. The molecule has 1 atom stereocenters. The van der Waals surface area contributed by atoms with E-state index in [0.717, 1.165) is 23.4 Å². The number of hydrogen-bond acceptors (Lipinski definition) is 4. The lowest BCUT2D eigenvalue weighted by Gasteiger charge is -2.14. The summed E-state index contributed by atoms with van der Waals surface area (Å²) in [6.45, 7) is 1.86. The summed E-state index contributed by atoms with van der Waals surface area (Å²) in [6.07, 6.45) is 0. The zero-order valence-electron chi connectivity index (χ0n) is 14.4. The Balaban J connectivity index is 1.94. The molecule has 0 aliphatic rings. The van der Waals surface area contributed by atoms with Crippen LogP contribution in [0, 0.1) is 23.0 Å². The van der Waals surface area contributed by atoms with Crippen LogP contribution in [0.25, 0.3) is 0 Å². The lowest BCUT2D eigenvalue weighted by atomic mass is 9.95. The summed E-state index contributed by atoms with van der Waals surface area (Å²) in [5.74, 6) is -2.02. The molecular weight excluding hydrogens is 368 g/mol. The number of aromatic amines is 1. The van der Waals surface area contributed by atoms with E-state index >= 15 is 0 Å². The maximum Gasteiger partial charge on any atom is 0.269 e. The summed E-state index contributed by atoms with van der Waals surface area (Å²) in [7, 11) is 0. The minimum Gasteiger partial charge on any atom is -0.300 e. The van der Waals surface area contributed by atoms with Gasteiger partial charge in [0.1, 0.15) is 11.6 Å². The van der Waals surface area contributed by atoms with Gasteiger partial charge in [0.25, 0.3) is 5.56 Å². The molecule has 7 heteroatoms. The molecule has 1 aromatic heterocycles. The SMILES string of the molecule is CC(c1ccccc1)c1nc(SCc2cccc(F)c2F)[nH]c(=O)c1C#N. The molecule has 0 bridgehead atoms. The van der Waals surface area contributed by atoms with E-state index in [1.54, 1.807) is 0 Å². The number of thioether (sulfide) groups is 1. The van der Waals surface area contributed by atoms with Crippen LogP contribution in [0.4, 0.5) is 8.78 Å². The predicted molar refractivity (Wildman–Crippen MR) is 99.5 cm³/mol. The van der Waals surface area contributed by atoms with Gasteiger partial charge in [-0.3, -0.25) is 4.79 Å². The van der Waals surface area contributed by atoms with Crippen LogP contribution >= 0.6 is 11.8 Å². The molecule has 1 unspecified atom stereocenters. The maximum absolute atomic E-state index is 13.8. The molecule has 136 valence electrons. The molecule has 27 heavy (non-hydrogen) atoms. The van der Waals surface area contributed by atoms with Crippen LogP contribution in [0.15, 0.2) is 58.5 Å². The molecule has 0 saturated heterocycles. The Kier molecular flexibility index (Phi) is 5.67. The van der Waals surface area contributed by atoms with E-state index in [1.807, 2.05) is 43.3 Å². The van der Waals surface area contributed by atoms with Crippen LogP contribution in [-0.2, 0) is 5.75 Å². The summed E-state index contributed by atoms with van der Waals surface area (Å²) in [5, 5.41) is 9.60. The fourth-order valence-electron chi connectivity index (χ4n) is 2.66. The van der Waals surface area contributed by atoms with E-state index in [1.165, 1.54) is 12.1 Å². The standard InChI is InChI=1S/C20H15F2N3OS/c1-12(13-6-3-2-4-7-13)18-15(10-23)19(26)25-20(24-18)27-11-14-8-5-9-16(21)17(14)22/h2-9,12H,11H2,1H3,(H,24,25,26). The van der Waals surface area contributed by atoms with Gasteiger partial charge in [0.2, 0.25) is 0 Å². The zero-order valence-corrected chi connectivity index (χ0v) is 15.2. The Morgan fingerprint density at radius 3 is 2.63 bits per heavy atom. The fraction of sp³-hybridized carbons (Fsp3) is 0.150. The molecule has 0 radical (unpaired) electrons. The molecule has 3 rings (SSSR count). The normalized spacial score (nSPS) is 11.8. The van der Waals surface area contributed by atoms with Crippen molar-refractivity contribution in [2.24, 2.45) is 0 Å². The largest absolute Gasteiger partial charge is 0.300 e. The van der Waals surface area contributed by atoms with Gasteiger partial charge in [0.15, 0.2) is 16.8 Å². The second-order valence-corrected chi connectivity index (χ2v) is 6.84. The first-order chi connectivity index (χ1) is 13.0. The molecule has 1 heterocycles. The van der Waals surface area contributed by atoms with E-state index in [-0.39, 0.29) is 28.0 Å². The number of aromatic nitrogens is 2. The van der Waals surface area contributed by atoms with Crippen LogP contribution in [0.5, 0.6) is 0 Å². The number of H-pyrrole nitrogens is 1. The molecule has 0 amide bonds. The Morgan fingerprint density at radius 1 is 1.19 bits per heavy atom. The minimum absolute atomic E-state index is 0.0485. The van der Waals surface area contributed by atoms with Crippen LogP contribution in [-0.4, -0.2) is 9.97 Å². The van der Waals surface area contributed by atoms with E-state index in [9.17, 15) is 18.8 Å². The van der Waals surface area contributed by atoms with Gasteiger partial charge in [0.05, 0.1) is 5.69 Å². The number of benzene rings is 2. The second-order valence-electron chi connectivity index (χ2n) is 5.88. The van der Waals surface area contributed by atoms with Gasteiger partial charge in [-0.15, -0.1) is 0 Å². The average molecular weight is 383 g/mol. The van der Waals surface area contributed by atoms with Gasteiger partial charge in [-0.1, -0.05) is 61.2 Å². The number of rotatable bonds is 5. The molecule has 1 N–H and O–H groups in total. The van der Waals surface area contributed by atoms with Crippen molar-refractivity contribution in [3.8, 4) is 6.07 Å². The third-order valence-corrected chi connectivity index (χ3v) is 5.07. The Morgan fingerprint density at radius 2 is 1.93 bits per heavy atom. The zero-order chi connectivity index (χ0) is 19.4. The van der Waals surface area contributed by atoms with E-state index in [2.05, 4.69) is 9.97 Å². The molecule has 2 aromatic carbocycles. The van der Waals surface area contributed by atoms with Crippen molar-refractivity contribution < 1.29 is 8.78 Å². The third-order valence-electron chi connectivity index (χ3n) is 4.14. The second kappa shape index (κ2) is 8.14. The van der Waals surface area contributed by atoms with Gasteiger partial charge < -0.3 is 4.98 Å².